The lowest BCUT2D eigenvalue weighted by Crippen LogP contribution is -2.19. The van der Waals surface area contributed by atoms with Crippen LogP contribution in [-0.4, -0.2) is 4.98 Å². The van der Waals surface area contributed by atoms with Crippen molar-refractivity contribution in [2.75, 3.05) is 0 Å². The Hall–Kier alpha value is -1.41. The van der Waals surface area contributed by atoms with Crippen molar-refractivity contribution < 1.29 is 0 Å². The van der Waals surface area contributed by atoms with E-state index in [-0.39, 0.29) is 6.04 Å². The fourth-order valence-corrected chi connectivity index (χ4v) is 4.45. The zero-order valence-electron chi connectivity index (χ0n) is 11.8. The number of nitrogens with zero attached hydrogens (tertiary/aromatic N) is 1. The van der Waals surface area contributed by atoms with Gasteiger partial charge in [0.1, 0.15) is 0 Å². The van der Waals surface area contributed by atoms with E-state index < -0.39 is 0 Å². The first kappa shape index (κ1) is 12.3. The molecular weight excluding hydrogens is 244 g/mol. The molecule has 2 aliphatic rings. The minimum Gasteiger partial charge on any atom is -0.324 e. The third-order valence-electron chi connectivity index (χ3n) is 5.50. The number of aromatic nitrogens is 1. The predicted octanol–water partition coefficient (Wildman–Crippen LogP) is 4.06. The smallest absolute Gasteiger partial charge is 0.0702 e. The van der Waals surface area contributed by atoms with Crippen molar-refractivity contribution in [1.82, 2.24) is 4.98 Å². The normalized spacial score (nSPS) is 29.9. The SMILES string of the molecule is NC(CC1CC2CCC1C2)c1ccc2ncccc2c1. The van der Waals surface area contributed by atoms with E-state index in [1.165, 1.54) is 36.6 Å². The second kappa shape index (κ2) is 4.85. The van der Waals surface area contributed by atoms with Crippen LogP contribution in [-0.2, 0) is 0 Å². The number of pyridine rings is 1. The third kappa shape index (κ3) is 2.12. The van der Waals surface area contributed by atoms with Crippen LogP contribution in [0.2, 0.25) is 0 Å². The second-order valence-electron chi connectivity index (χ2n) is 6.73. The van der Waals surface area contributed by atoms with Crippen LogP contribution in [0.25, 0.3) is 10.9 Å². The fourth-order valence-electron chi connectivity index (χ4n) is 4.45. The summed E-state index contributed by atoms with van der Waals surface area (Å²) in [5.41, 5.74) is 8.81. The Labute approximate surface area is 120 Å². The summed E-state index contributed by atoms with van der Waals surface area (Å²) in [6.07, 6.45) is 8.82. The van der Waals surface area contributed by atoms with Crippen LogP contribution >= 0.6 is 0 Å². The molecular formula is C18H22N2. The maximum Gasteiger partial charge on any atom is 0.0702 e. The van der Waals surface area contributed by atoms with E-state index in [1.807, 2.05) is 12.3 Å². The first-order chi connectivity index (χ1) is 9.79. The van der Waals surface area contributed by atoms with Crippen LogP contribution in [0.4, 0.5) is 0 Å². The van der Waals surface area contributed by atoms with Crippen molar-refractivity contribution >= 4 is 10.9 Å². The predicted molar refractivity (Wildman–Crippen MR) is 82.2 cm³/mol. The van der Waals surface area contributed by atoms with E-state index in [1.54, 1.807) is 0 Å². The maximum absolute atomic E-state index is 6.48. The Morgan fingerprint density at radius 2 is 2.15 bits per heavy atom. The molecule has 4 rings (SSSR count). The summed E-state index contributed by atoms with van der Waals surface area (Å²) in [4.78, 5) is 4.38. The Kier molecular flexibility index (Phi) is 2.99. The fraction of sp³-hybridized carbons (Fsp3) is 0.500. The van der Waals surface area contributed by atoms with Crippen molar-refractivity contribution in [2.45, 2.75) is 38.1 Å². The molecule has 0 aliphatic heterocycles. The first-order valence-corrected chi connectivity index (χ1v) is 7.90. The molecule has 2 nitrogen and oxygen atoms in total. The molecule has 1 aromatic heterocycles. The number of hydrogen-bond donors (Lipinski definition) is 1. The molecule has 0 saturated heterocycles. The lowest BCUT2D eigenvalue weighted by Gasteiger charge is -2.25. The van der Waals surface area contributed by atoms with Crippen LogP contribution < -0.4 is 5.73 Å². The van der Waals surface area contributed by atoms with Crippen LogP contribution in [0.1, 0.15) is 43.7 Å². The van der Waals surface area contributed by atoms with Gasteiger partial charge >= 0.3 is 0 Å². The van der Waals surface area contributed by atoms with Crippen molar-refractivity contribution in [3.05, 3.63) is 42.1 Å². The molecule has 0 amide bonds. The molecule has 2 fully saturated rings. The van der Waals surface area contributed by atoms with Gasteiger partial charge in [-0.3, -0.25) is 4.98 Å². The molecule has 0 spiro atoms. The molecule has 104 valence electrons. The highest BCUT2D eigenvalue weighted by molar-refractivity contribution is 5.79. The van der Waals surface area contributed by atoms with Crippen LogP contribution in [0.5, 0.6) is 0 Å². The molecule has 2 bridgehead atoms. The van der Waals surface area contributed by atoms with Gasteiger partial charge in [0, 0.05) is 17.6 Å². The average Bonchev–Trinajstić information content (AvgIpc) is 3.09. The van der Waals surface area contributed by atoms with Gasteiger partial charge in [0.25, 0.3) is 0 Å². The Morgan fingerprint density at radius 3 is 2.95 bits per heavy atom. The lowest BCUT2D eigenvalue weighted by molar-refractivity contribution is 0.296. The monoisotopic (exact) mass is 266 g/mol. The summed E-state index contributed by atoms with van der Waals surface area (Å²) in [7, 11) is 0. The third-order valence-corrected chi connectivity index (χ3v) is 5.50. The lowest BCUT2D eigenvalue weighted by atomic mass is 9.83. The maximum atomic E-state index is 6.48. The van der Waals surface area contributed by atoms with Gasteiger partial charge in [-0.05, 0) is 67.2 Å². The second-order valence-corrected chi connectivity index (χ2v) is 6.73. The molecule has 4 atom stereocenters. The van der Waals surface area contributed by atoms with Crippen molar-refractivity contribution in [3.63, 3.8) is 0 Å². The molecule has 2 heteroatoms. The van der Waals surface area contributed by atoms with Gasteiger partial charge in [-0.15, -0.1) is 0 Å². The molecule has 0 radical (unpaired) electrons. The number of rotatable bonds is 3. The molecule has 2 aliphatic carbocycles. The zero-order valence-corrected chi connectivity index (χ0v) is 11.8. The van der Waals surface area contributed by atoms with Gasteiger partial charge < -0.3 is 5.73 Å². The number of nitrogens with two attached hydrogens (primary N) is 1. The van der Waals surface area contributed by atoms with Gasteiger partial charge in [-0.25, -0.2) is 0 Å². The highest BCUT2D eigenvalue weighted by Gasteiger charge is 2.39. The topological polar surface area (TPSA) is 38.9 Å². The highest BCUT2D eigenvalue weighted by atomic mass is 14.7. The summed E-state index contributed by atoms with van der Waals surface area (Å²) in [5, 5.41) is 1.20. The Bertz CT molecular complexity index is 622. The van der Waals surface area contributed by atoms with Crippen molar-refractivity contribution in [1.29, 1.82) is 0 Å². The zero-order chi connectivity index (χ0) is 13.5. The van der Waals surface area contributed by atoms with E-state index in [0.717, 1.165) is 29.7 Å². The molecule has 4 unspecified atom stereocenters. The van der Waals surface area contributed by atoms with Gasteiger partial charge in [0.15, 0.2) is 0 Å². The average molecular weight is 266 g/mol. The van der Waals surface area contributed by atoms with E-state index in [2.05, 4.69) is 29.2 Å². The van der Waals surface area contributed by atoms with Gasteiger partial charge in [0.05, 0.1) is 5.52 Å². The van der Waals surface area contributed by atoms with E-state index in [0.29, 0.717) is 0 Å². The molecule has 2 saturated carbocycles. The van der Waals surface area contributed by atoms with Gasteiger partial charge in [0.2, 0.25) is 0 Å². The summed E-state index contributed by atoms with van der Waals surface area (Å²) in [5.74, 6) is 2.85. The minimum absolute atomic E-state index is 0.184. The number of hydrogen-bond acceptors (Lipinski definition) is 2. The minimum atomic E-state index is 0.184. The first-order valence-electron chi connectivity index (χ1n) is 7.90. The molecule has 20 heavy (non-hydrogen) atoms. The van der Waals surface area contributed by atoms with Gasteiger partial charge in [-0.1, -0.05) is 18.6 Å². The standard InChI is InChI=1S/C18H22N2/c19-17(11-16-9-12-3-4-13(16)8-12)14-5-6-18-15(10-14)2-1-7-20-18/h1-2,5-7,10,12-13,16-17H,3-4,8-9,11,19H2. The Balaban J connectivity index is 1.53. The number of fused-ring (bicyclic) bond motifs is 3. The highest BCUT2D eigenvalue weighted by Crippen LogP contribution is 2.50. The summed E-state index contributed by atoms with van der Waals surface area (Å²) < 4.78 is 0. The molecule has 2 N–H and O–H groups in total. The largest absolute Gasteiger partial charge is 0.324 e. The van der Waals surface area contributed by atoms with Gasteiger partial charge in [-0.2, -0.15) is 0 Å². The van der Waals surface area contributed by atoms with Crippen molar-refractivity contribution in [3.8, 4) is 0 Å². The molecule has 1 aromatic carbocycles. The van der Waals surface area contributed by atoms with Crippen molar-refractivity contribution in [2.24, 2.45) is 23.5 Å². The van der Waals surface area contributed by atoms with E-state index in [9.17, 15) is 0 Å². The molecule has 2 aromatic rings. The van der Waals surface area contributed by atoms with Crippen LogP contribution in [0.3, 0.4) is 0 Å². The van der Waals surface area contributed by atoms with E-state index in [4.69, 9.17) is 5.73 Å². The summed E-state index contributed by atoms with van der Waals surface area (Å²) >= 11 is 0. The number of benzene rings is 1. The summed E-state index contributed by atoms with van der Waals surface area (Å²) in [6, 6.07) is 10.8. The summed E-state index contributed by atoms with van der Waals surface area (Å²) in [6.45, 7) is 0. The van der Waals surface area contributed by atoms with Crippen LogP contribution in [0, 0.1) is 17.8 Å². The Morgan fingerprint density at radius 1 is 1.20 bits per heavy atom. The van der Waals surface area contributed by atoms with E-state index >= 15 is 0 Å². The quantitative estimate of drug-likeness (QED) is 0.909. The van der Waals surface area contributed by atoms with Crippen LogP contribution in [0.15, 0.2) is 36.5 Å². The molecule has 1 heterocycles.